The van der Waals surface area contributed by atoms with Gasteiger partial charge in [0.05, 0.1) is 0 Å². The van der Waals surface area contributed by atoms with Gasteiger partial charge in [0.2, 0.25) is 11.7 Å². The number of benzene rings is 1. The molecular weight excluding hydrogens is 262 g/mol. The lowest BCUT2D eigenvalue weighted by atomic mass is 9.61. The van der Waals surface area contributed by atoms with Gasteiger partial charge in [-0.2, -0.15) is 4.98 Å². The summed E-state index contributed by atoms with van der Waals surface area (Å²) in [6, 6.07) is 10.2. The molecule has 1 heterocycles. The number of rotatable bonds is 2. The van der Waals surface area contributed by atoms with Crippen molar-refractivity contribution in [3.63, 3.8) is 0 Å². The van der Waals surface area contributed by atoms with Crippen LogP contribution in [0.1, 0.15) is 45.4 Å². The maximum Gasteiger partial charge on any atom is 0.230 e. The third-order valence-corrected chi connectivity index (χ3v) is 5.27. The summed E-state index contributed by atoms with van der Waals surface area (Å²) in [6.45, 7) is 6.74. The molecule has 0 saturated heterocycles. The van der Waals surface area contributed by atoms with Crippen molar-refractivity contribution >= 4 is 0 Å². The lowest BCUT2D eigenvalue weighted by Gasteiger charge is -2.45. The molecule has 2 N–H and O–H groups in total. The fraction of sp³-hybridized carbons (Fsp3) is 0.529. The predicted octanol–water partition coefficient (Wildman–Crippen LogP) is 3.60. The van der Waals surface area contributed by atoms with Gasteiger partial charge in [-0.15, -0.1) is 0 Å². The van der Waals surface area contributed by atoms with Gasteiger partial charge in [-0.3, -0.25) is 0 Å². The quantitative estimate of drug-likeness (QED) is 0.915. The molecule has 0 spiro atoms. The van der Waals surface area contributed by atoms with Crippen molar-refractivity contribution in [3.8, 4) is 11.4 Å². The number of hydrogen-bond donors (Lipinski definition) is 1. The summed E-state index contributed by atoms with van der Waals surface area (Å²) in [5.41, 5.74) is 7.28. The lowest BCUT2D eigenvalue weighted by molar-refractivity contribution is 0.0806. The minimum atomic E-state index is 0.0676. The van der Waals surface area contributed by atoms with E-state index in [0.29, 0.717) is 11.7 Å². The molecular formula is C17H23N3O. The Bertz CT molecular complexity index is 606. The molecule has 0 radical (unpaired) electrons. The first-order chi connectivity index (χ1) is 10.00. The first-order valence-corrected chi connectivity index (χ1v) is 7.64. The van der Waals surface area contributed by atoms with E-state index in [1.807, 2.05) is 30.3 Å². The van der Waals surface area contributed by atoms with E-state index in [1.165, 1.54) is 0 Å². The fourth-order valence-electron chi connectivity index (χ4n) is 3.37. The maximum atomic E-state index is 6.22. The highest BCUT2D eigenvalue weighted by Crippen LogP contribution is 2.49. The van der Waals surface area contributed by atoms with E-state index < -0.39 is 0 Å². The molecule has 3 rings (SSSR count). The van der Waals surface area contributed by atoms with Crippen LogP contribution in [-0.2, 0) is 0 Å². The minimum Gasteiger partial charge on any atom is -0.339 e. The second-order valence-electron chi connectivity index (χ2n) is 6.73. The largest absolute Gasteiger partial charge is 0.339 e. The Labute approximate surface area is 125 Å². The number of nitrogens with two attached hydrogens (primary N) is 1. The highest BCUT2D eigenvalue weighted by Gasteiger charge is 2.44. The SMILES string of the molecule is CC1C(N)CCC(c2nc(-c3ccccc3)no2)C1(C)C. The van der Waals surface area contributed by atoms with Crippen LogP contribution in [0.25, 0.3) is 11.4 Å². The molecule has 3 unspecified atom stereocenters. The van der Waals surface area contributed by atoms with Crippen LogP contribution >= 0.6 is 0 Å². The summed E-state index contributed by atoms with van der Waals surface area (Å²) >= 11 is 0. The Hall–Kier alpha value is -1.68. The molecule has 3 atom stereocenters. The number of aromatic nitrogens is 2. The predicted molar refractivity (Wildman–Crippen MR) is 82.6 cm³/mol. The van der Waals surface area contributed by atoms with Gasteiger partial charge in [0, 0.05) is 17.5 Å². The molecule has 1 aliphatic carbocycles. The van der Waals surface area contributed by atoms with Crippen LogP contribution in [0.3, 0.4) is 0 Å². The Morgan fingerprint density at radius 1 is 1.19 bits per heavy atom. The van der Waals surface area contributed by atoms with E-state index in [-0.39, 0.29) is 17.4 Å². The average Bonchev–Trinajstić information content (AvgIpc) is 2.95. The monoisotopic (exact) mass is 285 g/mol. The van der Waals surface area contributed by atoms with Gasteiger partial charge >= 0.3 is 0 Å². The van der Waals surface area contributed by atoms with E-state index in [2.05, 4.69) is 30.9 Å². The molecule has 0 bridgehead atoms. The Balaban J connectivity index is 1.90. The molecule has 2 aromatic rings. The maximum absolute atomic E-state index is 6.22. The first kappa shape index (κ1) is 14.3. The van der Waals surface area contributed by atoms with Gasteiger partial charge in [0.1, 0.15) is 0 Å². The zero-order chi connectivity index (χ0) is 15.0. The van der Waals surface area contributed by atoms with Gasteiger partial charge in [0.15, 0.2) is 0 Å². The zero-order valence-corrected chi connectivity index (χ0v) is 12.9. The minimum absolute atomic E-state index is 0.0676. The van der Waals surface area contributed by atoms with Gasteiger partial charge in [-0.1, -0.05) is 56.3 Å². The first-order valence-electron chi connectivity index (χ1n) is 7.64. The van der Waals surface area contributed by atoms with Crippen molar-refractivity contribution in [3.05, 3.63) is 36.2 Å². The van der Waals surface area contributed by atoms with Crippen LogP contribution < -0.4 is 5.73 Å². The number of nitrogens with zero attached hydrogens (tertiary/aromatic N) is 2. The molecule has 4 nitrogen and oxygen atoms in total. The van der Waals surface area contributed by atoms with Crippen LogP contribution in [-0.4, -0.2) is 16.2 Å². The lowest BCUT2D eigenvalue weighted by Crippen LogP contribution is -2.45. The van der Waals surface area contributed by atoms with Crippen LogP contribution in [0.15, 0.2) is 34.9 Å². The summed E-state index contributed by atoms with van der Waals surface area (Å²) in [4.78, 5) is 4.64. The van der Waals surface area contributed by atoms with E-state index in [9.17, 15) is 0 Å². The van der Waals surface area contributed by atoms with Crippen LogP contribution in [0.5, 0.6) is 0 Å². The van der Waals surface area contributed by atoms with Crippen molar-refractivity contribution in [2.75, 3.05) is 0 Å². The highest BCUT2D eigenvalue weighted by atomic mass is 16.5. The molecule has 112 valence electrons. The van der Waals surface area contributed by atoms with E-state index in [4.69, 9.17) is 10.3 Å². The highest BCUT2D eigenvalue weighted by molar-refractivity contribution is 5.53. The average molecular weight is 285 g/mol. The Morgan fingerprint density at radius 3 is 2.62 bits per heavy atom. The summed E-state index contributed by atoms with van der Waals surface area (Å²) in [7, 11) is 0. The van der Waals surface area contributed by atoms with E-state index in [0.717, 1.165) is 24.3 Å². The molecule has 1 aromatic carbocycles. The van der Waals surface area contributed by atoms with Gasteiger partial charge < -0.3 is 10.3 Å². The zero-order valence-electron chi connectivity index (χ0n) is 12.9. The van der Waals surface area contributed by atoms with Crippen molar-refractivity contribution < 1.29 is 4.52 Å². The van der Waals surface area contributed by atoms with Crippen LogP contribution in [0.4, 0.5) is 0 Å². The molecule has 0 aliphatic heterocycles. The molecule has 1 aromatic heterocycles. The smallest absolute Gasteiger partial charge is 0.230 e. The molecule has 21 heavy (non-hydrogen) atoms. The molecule has 4 heteroatoms. The molecule has 1 fully saturated rings. The topological polar surface area (TPSA) is 64.9 Å². The third-order valence-electron chi connectivity index (χ3n) is 5.27. The van der Waals surface area contributed by atoms with E-state index in [1.54, 1.807) is 0 Å². The second-order valence-corrected chi connectivity index (χ2v) is 6.73. The standard InChI is InChI=1S/C17H23N3O/c1-11-14(18)10-9-13(17(11,2)3)16-19-15(20-21-16)12-7-5-4-6-8-12/h4-8,11,13-14H,9-10,18H2,1-3H3. The second kappa shape index (κ2) is 5.26. The third kappa shape index (κ3) is 2.48. The molecule has 1 aliphatic rings. The Kier molecular flexibility index (Phi) is 3.57. The van der Waals surface area contributed by atoms with Crippen LogP contribution in [0, 0.1) is 11.3 Å². The number of hydrogen-bond acceptors (Lipinski definition) is 4. The molecule has 0 amide bonds. The van der Waals surface area contributed by atoms with Crippen molar-refractivity contribution in [1.82, 2.24) is 10.1 Å². The van der Waals surface area contributed by atoms with Gasteiger partial charge in [-0.25, -0.2) is 0 Å². The summed E-state index contributed by atoms with van der Waals surface area (Å²) in [5, 5.41) is 4.15. The van der Waals surface area contributed by atoms with Gasteiger partial charge in [0.25, 0.3) is 0 Å². The summed E-state index contributed by atoms with van der Waals surface area (Å²) < 4.78 is 5.58. The normalized spacial score (nSPS) is 28.5. The molecule has 1 saturated carbocycles. The summed E-state index contributed by atoms with van der Waals surface area (Å²) in [6.07, 6.45) is 2.02. The van der Waals surface area contributed by atoms with Gasteiger partial charge in [-0.05, 0) is 24.2 Å². The summed E-state index contributed by atoms with van der Waals surface area (Å²) in [5.74, 6) is 2.13. The Morgan fingerprint density at radius 2 is 1.90 bits per heavy atom. The fourth-order valence-corrected chi connectivity index (χ4v) is 3.37. The van der Waals surface area contributed by atoms with E-state index >= 15 is 0 Å². The van der Waals surface area contributed by atoms with Crippen molar-refractivity contribution in [1.29, 1.82) is 0 Å². The van der Waals surface area contributed by atoms with Crippen LogP contribution in [0.2, 0.25) is 0 Å². The van der Waals surface area contributed by atoms with Crippen molar-refractivity contribution in [2.45, 2.75) is 45.6 Å². The van der Waals surface area contributed by atoms with Crippen molar-refractivity contribution in [2.24, 2.45) is 17.1 Å².